The quantitative estimate of drug-likeness (QED) is 0.440. The minimum absolute atomic E-state index is 0.00319. The van der Waals surface area contributed by atoms with Gasteiger partial charge >= 0.3 is 5.97 Å². The summed E-state index contributed by atoms with van der Waals surface area (Å²) in [4.78, 5) is 26.9. The molecule has 2 aromatic carbocycles. The molecule has 1 amide bonds. The molecular weight excluding hydrogens is 448 g/mol. The molecule has 0 radical (unpaired) electrons. The third-order valence-corrected chi connectivity index (χ3v) is 6.13. The van der Waals surface area contributed by atoms with Gasteiger partial charge in [0.1, 0.15) is 12.4 Å². The van der Waals surface area contributed by atoms with Crippen molar-refractivity contribution in [1.29, 1.82) is 0 Å². The number of aliphatic hydroxyl groups excluding tert-OH is 1. The van der Waals surface area contributed by atoms with Crippen LogP contribution in [0.5, 0.6) is 5.75 Å². The van der Waals surface area contributed by atoms with Crippen LogP contribution in [0.15, 0.2) is 47.6 Å². The van der Waals surface area contributed by atoms with Crippen molar-refractivity contribution in [2.75, 3.05) is 58.4 Å². The summed E-state index contributed by atoms with van der Waals surface area (Å²) < 4.78 is 10.7. The molecule has 2 aromatic rings. The van der Waals surface area contributed by atoms with Gasteiger partial charge in [0, 0.05) is 43.3 Å². The zero-order chi connectivity index (χ0) is 24.6. The van der Waals surface area contributed by atoms with E-state index < -0.39 is 0 Å². The van der Waals surface area contributed by atoms with Crippen LogP contribution in [0.1, 0.15) is 27.9 Å². The highest BCUT2D eigenvalue weighted by atomic mass is 16.5. The van der Waals surface area contributed by atoms with E-state index in [-0.39, 0.29) is 37.4 Å². The molecule has 1 fully saturated rings. The molecule has 4 rings (SSSR count). The molecule has 0 aromatic heterocycles. The highest BCUT2D eigenvalue weighted by Crippen LogP contribution is 2.31. The Kier molecular flexibility index (Phi) is 8.33. The molecular formula is C26H32N4O5. The number of fused-ring (bicyclic) bond motifs is 1. The molecule has 0 bridgehead atoms. The number of hydrogen-bond donors (Lipinski definition) is 2. The van der Waals surface area contributed by atoms with Gasteiger partial charge in [-0.05, 0) is 54.9 Å². The lowest BCUT2D eigenvalue weighted by Gasteiger charge is -2.30. The topological polar surface area (TPSA) is 104 Å². The van der Waals surface area contributed by atoms with E-state index in [1.54, 1.807) is 12.1 Å². The van der Waals surface area contributed by atoms with Crippen molar-refractivity contribution < 1.29 is 24.2 Å². The van der Waals surface area contributed by atoms with Crippen molar-refractivity contribution >= 4 is 23.8 Å². The number of amides is 1. The number of carbonyl (C=O) groups is 2. The number of aliphatic hydroxyl groups is 1. The third kappa shape index (κ3) is 7.03. The van der Waals surface area contributed by atoms with Crippen molar-refractivity contribution in [2.24, 2.45) is 11.0 Å². The van der Waals surface area contributed by atoms with Crippen molar-refractivity contribution in [3.05, 3.63) is 59.2 Å². The monoisotopic (exact) mass is 480 g/mol. The first-order valence-electron chi connectivity index (χ1n) is 11.9. The second-order valence-corrected chi connectivity index (χ2v) is 8.93. The lowest BCUT2D eigenvalue weighted by Crippen LogP contribution is -2.41. The van der Waals surface area contributed by atoms with Gasteiger partial charge in [-0.25, -0.2) is 0 Å². The number of anilines is 1. The average molecular weight is 481 g/mol. The van der Waals surface area contributed by atoms with Gasteiger partial charge in [-0.1, -0.05) is 12.1 Å². The lowest BCUT2D eigenvalue weighted by atomic mass is 9.93. The summed E-state index contributed by atoms with van der Waals surface area (Å²) in [7, 11) is 2.11. The van der Waals surface area contributed by atoms with Gasteiger partial charge in [0.25, 0.3) is 5.91 Å². The Balaban J connectivity index is 1.32. The van der Waals surface area contributed by atoms with Crippen molar-refractivity contribution in [3.63, 3.8) is 0 Å². The summed E-state index contributed by atoms with van der Waals surface area (Å²) in [5, 5.41) is 18.3. The largest absolute Gasteiger partial charge is 0.493 e. The Morgan fingerprint density at radius 1 is 1.17 bits per heavy atom. The van der Waals surface area contributed by atoms with Crippen LogP contribution in [-0.2, 0) is 16.0 Å². The fourth-order valence-corrected chi connectivity index (χ4v) is 4.10. The number of piperazine rings is 1. The molecule has 0 aliphatic carbocycles. The summed E-state index contributed by atoms with van der Waals surface area (Å²) >= 11 is 0. The number of ether oxygens (including phenoxy) is 2. The van der Waals surface area contributed by atoms with E-state index in [0.29, 0.717) is 24.3 Å². The zero-order valence-corrected chi connectivity index (χ0v) is 20.0. The molecule has 9 heteroatoms. The Hall–Kier alpha value is -3.43. The smallest absolute Gasteiger partial charge is 0.306 e. The Labute approximate surface area is 205 Å². The van der Waals surface area contributed by atoms with Gasteiger partial charge in [-0.3, -0.25) is 14.6 Å². The van der Waals surface area contributed by atoms with Gasteiger partial charge in [0.05, 0.1) is 25.8 Å². The molecule has 186 valence electrons. The first-order valence-corrected chi connectivity index (χ1v) is 11.9. The van der Waals surface area contributed by atoms with Crippen LogP contribution in [0, 0.1) is 5.92 Å². The SMILES string of the molecule is CN1CCN(/N=C/c2ccc(C(=O)Nc3ccc4c(c3)CC(CC(=O)OCCO)CO4)cc2)CC1. The van der Waals surface area contributed by atoms with Crippen LogP contribution >= 0.6 is 0 Å². The number of carbonyl (C=O) groups excluding carboxylic acids is 2. The third-order valence-electron chi connectivity index (χ3n) is 6.13. The molecule has 2 N–H and O–H groups in total. The number of hydrogen-bond acceptors (Lipinski definition) is 8. The second-order valence-electron chi connectivity index (χ2n) is 8.93. The van der Waals surface area contributed by atoms with Gasteiger partial charge in [-0.2, -0.15) is 5.10 Å². The molecule has 1 atom stereocenters. The maximum absolute atomic E-state index is 12.8. The number of nitrogens with zero attached hydrogens (tertiary/aromatic N) is 3. The van der Waals surface area contributed by atoms with Crippen LogP contribution in [-0.4, -0.2) is 86.2 Å². The average Bonchev–Trinajstić information content (AvgIpc) is 2.87. The van der Waals surface area contributed by atoms with E-state index >= 15 is 0 Å². The molecule has 1 saturated heterocycles. The Morgan fingerprint density at radius 3 is 2.69 bits per heavy atom. The van der Waals surface area contributed by atoms with E-state index in [1.807, 2.05) is 36.5 Å². The molecule has 0 spiro atoms. The van der Waals surface area contributed by atoms with Crippen LogP contribution in [0.2, 0.25) is 0 Å². The van der Waals surface area contributed by atoms with Crippen LogP contribution < -0.4 is 10.1 Å². The van der Waals surface area contributed by atoms with Gasteiger partial charge in [0.15, 0.2) is 0 Å². The fraction of sp³-hybridized carbons (Fsp3) is 0.423. The fourth-order valence-electron chi connectivity index (χ4n) is 4.10. The van der Waals surface area contributed by atoms with Crippen molar-refractivity contribution in [2.45, 2.75) is 12.8 Å². The minimum atomic E-state index is -0.349. The summed E-state index contributed by atoms with van der Waals surface area (Å²) in [5.41, 5.74) is 3.10. The van der Waals surface area contributed by atoms with E-state index in [0.717, 1.165) is 43.1 Å². The molecule has 9 nitrogen and oxygen atoms in total. The number of likely N-dealkylation sites (N-methyl/N-ethyl adjacent to an activating group) is 1. The molecule has 0 saturated carbocycles. The highest BCUT2D eigenvalue weighted by molar-refractivity contribution is 6.04. The molecule has 1 unspecified atom stereocenters. The Bertz CT molecular complexity index is 1050. The normalized spacial score (nSPS) is 18.1. The van der Waals surface area contributed by atoms with E-state index in [2.05, 4.69) is 27.4 Å². The number of nitrogens with one attached hydrogen (secondary N) is 1. The standard InChI is InChI=1S/C26H32N4O5/c1-29-8-10-30(11-9-29)27-17-19-2-4-21(5-3-19)26(33)28-23-6-7-24-22(16-23)14-20(18-35-24)15-25(32)34-13-12-31/h2-7,16-17,20,31H,8-15,18H2,1H3,(H,28,33)/b27-17+. The summed E-state index contributed by atoms with van der Waals surface area (Å²) in [6, 6.07) is 12.9. The van der Waals surface area contributed by atoms with Crippen molar-refractivity contribution in [3.8, 4) is 5.75 Å². The molecule has 2 aliphatic heterocycles. The molecule has 2 heterocycles. The van der Waals surface area contributed by atoms with Gasteiger partial charge < -0.3 is 24.8 Å². The number of benzene rings is 2. The maximum atomic E-state index is 12.8. The van der Waals surface area contributed by atoms with Gasteiger partial charge in [0.2, 0.25) is 0 Å². The second kappa shape index (κ2) is 11.8. The summed E-state index contributed by atoms with van der Waals surface area (Å²) in [5.74, 6) is 0.192. The van der Waals surface area contributed by atoms with Crippen LogP contribution in [0.3, 0.4) is 0 Å². The first-order chi connectivity index (χ1) is 17.0. The number of esters is 1. The number of rotatable bonds is 8. The van der Waals surface area contributed by atoms with Gasteiger partial charge in [-0.15, -0.1) is 0 Å². The predicted octanol–water partition coefficient (Wildman–Crippen LogP) is 2.00. The zero-order valence-electron chi connectivity index (χ0n) is 20.0. The first kappa shape index (κ1) is 24.7. The minimum Gasteiger partial charge on any atom is -0.493 e. The van der Waals surface area contributed by atoms with Crippen LogP contribution in [0.25, 0.3) is 0 Å². The molecule has 35 heavy (non-hydrogen) atoms. The highest BCUT2D eigenvalue weighted by Gasteiger charge is 2.23. The summed E-state index contributed by atoms with van der Waals surface area (Å²) in [6.45, 7) is 4.07. The van der Waals surface area contributed by atoms with E-state index in [9.17, 15) is 9.59 Å². The lowest BCUT2D eigenvalue weighted by molar-refractivity contribution is -0.146. The van der Waals surface area contributed by atoms with Crippen molar-refractivity contribution in [1.82, 2.24) is 9.91 Å². The Morgan fingerprint density at radius 2 is 1.94 bits per heavy atom. The molecule has 2 aliphatic rings. The van der Waals surface area contributed by atoms with E-state index in [4.69, 9.17) is 14.6 Å². The van der Waals surface area contributed by atoms with Crippen LogP contribution in [0.4, 0.5) is 5.69 Å². The maximum Gasteiger partial charge on any atom is 0.306 e. The van der Waals surface area contributed by atoms with E-state index in [1.165, 1.54) is 0 Å². The number of hydrazone groups is 1. The predicted molar refractivity (Wildman–Crippen MR) is 133 cm³/mol. The summed E-state index contributed by atoms with van der Waals surface area (Å²) in [6.07, 6.45) is 2.70.